The minimum Gasteiger partial charge on any atom is -0.330 e. The van der Waals surface area contributed by atoms with Crippen molar-refractivity contribution >= 4 is 0 Å². The summed E-state index contributed by atoms with van der Waals surface area (Å²) in [7, 11) is 0. The van der Waals surface area contributed by atoms with E-state index in [1.807, 2.05) is 0 Å². The average molecular weight is 112 g/mol. The normalized spacial score (nSPS) is 38.2. The maximum atomic E-state index is 5.46. The largest absolute Gasteiger partial charge is 0.330 e. The lowest BCUT2D eigenvalue weighted by molar-refractivity contribution is 0.542. The summed E-state index contributed by atoms with van der Waals surface area (Å²) >= 11 is 0. The van der Waals surface area contributed by atoms with Gasteiger partial charge >= 0.3 is 0 Å². The van der Waals surface area contributed by atoms with E-state index in [9.17, 15) is 0 Å². The van der Waals surface area contributed by atoms with Crippen molar-refractivity contribution < 1.29 is 0 Å². The van der Waals surface area contributed by atoms with Crippen molar-refractivity contribution in [2.45, 2.75) is 19.8 Å². The van der Waals surface area contributed by atoms with Gasteiger partial charge in [-0.2, -0.15) is 0 Å². The Morgan fingerprint density at radius 2 is 2.50 bits per heavy atom. The van der Waals surface area contributed by atoms with Crippen LogP contribution in [0.25, 0.3) is 0 Å². The smallest absolute Gasteiger partial charge is 0.00460 e. The van der Waals surface area contributed by atoms with E-state index in [1.54, 1.807) is 0 Å². The molecule has 1 fully saturated rings. The molecule has 0 aromatic heterocycles. The highest BCUT2D eigenvalue weighted by molar-refractivity contribution is 4.87. The van der Waals surface area contributed by atoms with E-state index in [2.05, 4.69) is 13.3 Å². The molecule has 2 unspecified atom stereocenters. The predicted molar refractivity (Wildman–Crippen MR) is 35.2 cm³/mol. The van der Waals surface area contributed by atoms with Gasteiger partial charge in [0.15, 0.2) is 0 Å². The van der Waals surface area contributed by atoms with Crippen LogP contribution in [0, 0.1) is 18.3 Å². The van der Waals surface area contributed by atoms with E-state index >= 15 is 0 Å². The zero-order valence-corrected chi connectivity index (χ0v) is 5.43. The summed E-state index contributed by atoms with van der Waals surface area (Å²) in [5.74, 6) is 1.62. The van der Waals surface area contributed by atoms with Gasteiger partial charge in [-0.25, -0.2) is 0 Å². The molecule has 0 bridgehead atoms. The van der Waals surface area contributed by atoms with Gasteiger partial charge in [-0.1, -0.05) is 6.92 Å². The summed E-state index contributed by atoms with van der Waals surface area (Å²) in [6.45, 7) is 3.14. The monoisotopic (exact) mass is 112 g/mol. The fourth-order valence-electron chi connectivity index (χ4n) is 1.33. The van der Waals surface area contributed by atoms with E-state index in [1.165, 1.54) is 12.8 Å². The molecule has 8 heavy (non-hydrogen) atoms. The summed E-state index contributed by atoms with van der Waals surface area (Å²) in [5.41, 5.74) is 5.46. The summed E-state index contributed by atoms with van der Waals surface area (Å²) in [6.07, 6.45) is 4.95. The lowest BCUT2D eigenvalue weighted by Crippen LogP contribution is -2.10. The Hall–Kier alpha value is -0.0400. The Morgan fingerprint density at radius 1 is 1.75 bits per heavy atom. The molecule has 1 heteroatoms. The molecule has 1 saturated carbocycles. The van der Waals surface area contributed by atoms with Gasteiger partial charge in [-0.15, -0.1) is 0 Å². The highest BCUT2D eigenvalue weighted by atomic mass is 14.6. The molecule has 1 nitrogen and oxygen atoms in total. The molecule has 1 radical (unpaired) electrons. The number of hydrogen-bond acceptors (Lipinski definition) is 1. The zero-order chi connectivity index (χ0) is 5.98. The van der Waals surface area contributed by atoms with Gasteiger partial charge in [0.05, 0.1) is 0 Å². The van der Waals surface area contributed by atoms with Crippen LogP contribution in [0.4, 0.5) is 0 Å². The second-order valence-corrected chi connectivity index (χ2v) is 2.81. The Balaban J connectivity index is 2.22. The molecule has 0 aromatic rings. The molecule has 0 saturated heterocycles. The summed E-state index contributed by atoms with van der Waals surface area (Å²) in [4.78, 5) is 0. The van der Waals surface area contributed by atoms with Crippen molar-refractivity contribution in [3.8, 4) is 0 Å². The van der Waals surface area contributed by atoms with Crippen molar-refractivity contribution in [3.05, 3.63) is 6.42 Å². The van der Waals surface area contributed by atoms with Crippen LogP contribution in [0.5, 0.6) is 0 Å². The van der Waals surface area contributed by atoms with Gasteiger partial charge in [-0.05, 0) is 37.6 Å². The lowest BCUT2D eigenvalue weighted by Gasteiger charge is -2.01. The molecule has 1 aliphatic rings. The second-order valence-electron chi connectivity index (χ2n) is 2.81. The first kappa shape index (κ1) is 6.09. The highest BCUT2D eigenvalue weighted by Gasteiger charge is 2.19. The van der Waals surface area contributed by atoms with Crippen molar-refractivity contribution in [2.24, 2.45) is 17.6 Å². The van der Waals surface area contributed by atoms with Gasteiger partial charge < -0.3 is 5.73 Å². The van der Waals surface area contributed by atoms with E-state index in [4.69, 9.17) is 5.73 Å². The second kappa shape index (κ2) is 2.49. The molecule has 1 aliphatic carbocycles. The van der Waals surface area contributed by atoms with E-state index in [0.717, 1.165) is 18.4 Å². The third kappa shape index (κ3) is 1.22. The Kier molecular flexibility index (Phi) is 1.90. The van der Waals surface area contributed by atoms with Crippen LogP contribution >= 0.6 is 0 Å². The molecule has 0 spiro atoms. The lowest BCUT2D eigenvalue weighted by atomic mass is 10.1. The van der Waals surface area contributed by atoms with E-state index < -0.39 is 0 Å². The Labute approximate surface area is 51.3 Å². The predicted octanol–water partition coefficient (Wildman–Crippen LogP) is 1.20. The van der Waals surface area contributed by atoms with Crippen LogP contribution in [0.15, 0.2) is 0 Å². The van der Waals surface area contributed by atoms with Crippen LogP contribution in [0.2, 0.25) is 0 Å². The van der Waals surface area contributed by atoms with Gasteiger partial charge in [0.1, 0.15) is 0 Å². The first-order valence-electron chi connectivity index (χ1n) is 3.36. The average Bonchev–Trinajstić information content (AvgIpc) is 2.14. The Bertz CT molecular complexity index is 70.8. The summed E-state index contributed by atoms with van der Waals surface area (Å²) < 4.78 is 0. The molecule has 0 heterocycles. The third-order valence-electron chi connectivity index (χ3n) is 1.88. The molecule has 2 N–H and O–H groups in total. The molecule has 47 valence electrons. The standard InChI is InChI=1S/C7H14N/c1-6-2-3-7(4-6)5-8/h3,6-7H,2,4-5,8H2,1H3. The maximum absolute atomic E-state index is 5.46. The quantitative estimate of drug-likeness (QED) is 0.542. The fourth-order valence-corrected chi connectivity index (χ4v) is 1.33. The molecular weight excluding hydrogens is 98.1 g/mol. The van der Waals surface area contributed by atoms with Crippen LogP contribution in [-0.4, -0.2) is 6.54 Å². The number of hydrogen-bond donors (Lipinski definition) is 1. The maximum Gasteiger partial charge on any atom is -0.00460 e. The van der Waals surface area contributed by atoms with Crippen molar-refractivity contribution in [1.82, 2.24) is 0 Å². The van der Waals surface area contributed by atoms with Crippen LogP contribution in [0.3, 0.4) is 0 Å². The first-order valence-corrected chi connectivity index (χ1v) is 3.36. The third-order valence-corrected chi connectivity index (χ3v) is 1.88. The Morgan fingerprint density at radius 3 is 2.75 bits per heavy atom. The van der Waals surface area contributed by atoms with Crippen molar-refractivity contribution in [3.63, 3.8) is 0 Å². The highest BCUT2D eigenvalue weighted by Crippen LogP contribution is 2.27. The van der Waals surface area contributed by atoms with Gasteiger partial charge in [-0.3, -0.25) is 0 Å². The van der Waals surface area contributed by atoms with Crippen LogP contribution in [0.1, 0.15) is 19.8 Å². The van der Waals surface area contributed by atoms with Crippen molar-refractivity contribution in [1.29, 1.82) is 0 Å². The van der Waals surface area contributed by atoms with E-state index in [-0.39, 0.29) is 0 Å². The molecule has 0 aromatic carbocycles. The minimum atomic E-state index is 0.727. The van der Waals surface area contributed by atoms with Gasteiger partial charge in [0.25, 0.3) is 0 Å². The summed E-state index contributed by atoms with van der Waals surface area (Å²) in [6, 6.07) is 0. The SMILES string of the molecule is CC1C[CH]C(CN)C1. The van der Waals surface area contributed by atoms with Gasteiger partial charge in [0.2, 0.25) is 0 Å². The molecule has 1 rings (SSSR count). The number of rotatable bonds is 1. The molecule has 0 amide bonds. The van der Waals surface area contributed by atoms with Crippen LogP contribution in [-0.2, 0) is 0 Å². The molecular formula is C7H14N. The topological polar surface area (TPSA) is 26.0 Å². The first-order chi connectivity index (χ1) is 3.83. The number of nitrogens with two attached hydrogens (primary N) is 1. The van der Waals surface area contributed by atoms with Crippen LogP contribution < -0.4 is 5.73 Å². The van der Waals surface area contributed by atoms with E-state index in [0.29, 0.717) is 0 Å². The molecule has 0 aliphatic heterocycles. The van der Waals surface area contributed by atoms with Gasteiger partial charge in [0, 0.05) is 0 Å². The summed E-state index contributed by atoms with van der Waals surface area (Å²) in [5, 5.41) is 0. The van der Waals surface area contributed by atoms with Crippen molar-refractivity contribution in [2.75, 3.05) is 6.54 Å². The molecule has 2 atom stereocenters. The minimum absolute atomic E-state index is 0.727. The zero-order valence-electron chi connectivity index (χ0n) is 5.43. The fraction of sp³-hybridized carbons (Fsp3) is 0.857.